The number of hydrogen-bond donors (Lipinski definition) is 1. The number of nitrogens with one attached hydrogen (secondary N) is 1. The van der Waals surface area contributed by atoms with Crippen LogP contribution in [0.3, 0.4) is 0 Å². The maximum atomic E-state index is 4.45. The zero-order valence-electron chi connectivity index (χ0n) is 8.00. The molecule has 0 saturated heterocycles. The number of H-pyrrole nitrogens is 1. The Kier molecular flexibility index (Phi) is 4.74. The molecule has 0 fully saturated rings. The maximum absolute atomic E-state index is 4.45. The van der Waals surface area contributed by atoms with Gasteiger partial charge in [-0.05, 0) is 5.92 Å². The summed E-state index contributed by atoms with van der Waals surface area (Å²) in [7, 11) is 0. The largest absolute Gasteiger partial charge is 0.348 e. The summed E-state index contributed by atoms with van der Waals surface area (Å²) in [6.45, 7) is 8.59. The van der Waals surface area contributed by atoms with Gasteiger partial charge >= 0.3 is 0 Å². The average Bonchev–Trinajstić information content (AvgIpc) is 2.33. The van der Waals surface area contributed by atoms with Crippen molar-refractivity contribution in [2.45, 2.75) is 39.5 Å². The van der Waals surface area contributed by atoms with Gasteiger partial charge < -0.3 is 4.98 Å². The van der Waals surface area contributed by atoms with Gasteiger partial charge in [0.25, 0.3) is 0 Å². The molecule has 0 aliphatic heterocycles. The van der Waals surface area contributed by atoms with Gasteiger partial charge in [0.05, 0.1) is 5.69 Å². The second kappa shape index (κ2) is 4.79. The molecule has 0 atom stereocenters. The van der Waals surface area contributed by atoms with Gasteiger partial charge in [-0.3, -0.25) is 0 Å². The third-order valence-corrected chi connectivity index (χ3v) is 1.76. The van der Waals surface area contributed by atoms with Crippen LogP contribution in [-0.2, 0) is 20.4 Å². The third kappa shape index (κ3) is 2.73. The summed E-state index contributed by atoms with van der Waals surface area (Å²) >= 11 is 0. The molecule has 2 nitrogen and oxygen atoms in total. The molecule has 0 radical (unpaired) electrons. The number of hydrogen-bond acceptors (Lipinski definition) is 1. The molecule has 0 amide bonds. The third-order valence-electron chi connectivity index (χ3n) is 1.76. The van der Waals surface area contributed by atoms with Crippen molar-refractivity contribution in [1.29, 1.82) is 0 Å². The molecule has 12 heavy (non-hydrogen) atoms. The summed E-state index contributed by atoms with van der Waals surface area (Å²) in [6, 6.07) is 0. The van der Waals surface area contributed by atoms with E-state index in [0.29, 0.717) is 11.8 Å². The van der Waals surface area contributed by atoms with Crippen molar-refractivity contribution in [2.75, 3.05) is 0 Å². The summed E-state index contributed by atoms with van der Waals surface area (Å²) in [5.74, 6) is 2.12. The molecule has 1 aromatic heterocycles. The predicted octanol–water partition coefficient (Wildman–Crippen LogP) is 2.65. The van der Waals surface area contributed by atoms with E-state index in [2.05, 4.69) is 37.7 Å². The minimum Gasteiger partial charge on any atom is -0.348 e. The first-order valence-corrected chi connectivity index (χ1v) is 4.16. The zero-order valence-corrected chi connectivity index (χ0v) is 9.55. The van der Waals surface area contributed by atoms with Crippen LogP contribution in [0, 0.1) is 0 Å². The van der Waals surface area contributed by atoms with Crippen LogP contribution in [0.2, 0.25) is 0 Å². The fraction of sp³-hybridized carbons (Fsp3) is 0.667. The van der Waals surface area contributed by atoms with Crippen LogP contribution < -0.4 is 0 Å². The quantitative estimate of drug-likeness (QED) is 0.812. The van der Waals surface area contributed by atoms with Crippen molar-refractivity contribution >= 4 is 0 Å². The SMILES string of the molecule is CC(C)c1c[nH]c(C(C)C)n1.[Pd]. The Balaban J connectivity index is 0.00000121. The smallest absolute Gasteiger partial charge is 0.108 e. The number of rotatable bonds is 2. The summed E-state index contributed by atoms with van der Waals surface area (Å²) in [6.07, 6.45) is 2.00. The van der Waals surface area contributed by atoms with E-state index in [1.54, 1.807) is 0 Å². The molecule has 0 unspecified atom stereocenters. The maximum Gasteiger partial charge on any atom is 0.108 e. The molecule has 0 aromatic carbocycles. The van der Waals surface area contributed by atoms with E-state index in [9.17, 15) is 0 Å². The van der Waals surface area contributed by atoms with Gasteiger partial charge in [0, 0.05) is 32.5 Å². The first kappa shape index (κ1) is 11.9. The van der Waals surface area contributed by atoms with E-state index in [1.807, 2.05) is 6.20 Å². The predicted molar refractivity (Wildman–Crippen MR) is 46.8 cm³/mol. The Morgan fingerprint density at radius 1 is 1.17 bits per heavy atom. The number of imidazole rings is 1. The first-order valence-electron chi connectivity index (χ1n) is 4.16. The van der Waals surface area contributed by atoms with Crippen molar-refractivity contribution < 1.29 is 20.4 Å². The van der Waals surface area contributed by atoms with Crippen LogP contribution in [-0.4, -0.2) is 9.97 Å². The van der Waals surface area contributed by atoms with Crippen LogP contribution in [0.1, 0.15) is 51.0 Å². The molecule has 72 valence electrons. The zero-order chi connectivity index (χ0) is 8.43. The van der Waals surface area contributed by atoms with Gasteiger partial charge in [0.2, 0.25) is 0 Å². The molecule has 0 bridgehead atoms. The topological polar surface area (TPSA) is 28.7 Å². The van der Waals surface area contributed by atoms with Crippen LogP contribution >= 0.6 is 0 Å². The van der Waals surface area contributed by atoms with Crippen LogP contribution in [0.25, 0.3) is 0 Å². The molecule has 1 rings (SSSR count). The molecule has 1 N–H and O–H groups in total. The Morgan fingerprint density at radius 2 is 1.75 bits per heavy atom. The summed E-state index contributed by atoms with van der Waals surface area (Å²) in [4.78, 5) is 7.63. The van der Waals surface area contributed by atoms with Crippen molar-refractivity contribution in [1.82, 2.24) is 9.97 Å². The molecule has 0 aliphatic carbocycles. The molecule has 1 heterocycles. The van der Waals surface area contributed by atoms with Gasteiger partial charge in [-0.2, -0.15) is 0 Å². The second-order valence-corrected chi connectivity index (χ2v) is 3.52. The van der Waals surface area contributed by atoms with Gasteiger partial charge in [-0.25, -0.2) is 4.98 Å². The van der Waals surface area contributed by atoms with Gasteiger partial charge in [-0.1, -0.05) is 27.7 Å². The molecular weight excluding hydrogens is 243 g/mol. The van der Waals surface area contributed by atoms with E-state index >= 15 is 0 Å². The van der Waals surface area contributed by atoms with Gasteiger partial charge in [-0.15, -0.1) is 0 Å². The fourth-order valence-corrected chi connectivity index (χ4v) is 0.943. The van der Waals surface area contributed by atoms with Crippen molar-refractivity contribution in [3.8, 4) is 0 Å². The monoisotopic (exact) mass is 258 g/mol. The van der Waals surface area contributed by atoms with Crippen molar-refractivity contribution in [2.24, 2.45) is 0 Å². The first-order chi connectivity index (χ1) is 5.11. The van der Waals surface area contributed by atoms with Gasteiger partial charge in [0.15, 0.2) is 0 Å². The minimum atomic E-state index is 0. The molecular formula is C9H16N2Pd. The molecule has 0 aliphatic rings. The second-order valence-electron chi connectivity index (χ2n) is 3.52. The summed E-state index contributed by atoms with van der Waals surface area (Å²) in [5.41, 5.74) is 1.16. The normalized spacial score (nSPS) is 10.5. The summed E-state index contributed by atoms with van der Waals surface area (Å²) in [5, 5.41) is 0. The molecule has 3 heteroatoms. The molecule has 0 spiro atoms. The van der Waals surface area contributed by atoms with E-state index < -0.39 is 0 Å². The van der Waals surface area contributed by atoms with Crippen LogP contribution in [0.4, 0.5) is 0 Å². The Hall–Kier alpha value is -0.128. The van der Waals surface area contributed by atoms with Crippen molar-refractivity contribution in [3.05, 3.63) is 17.7 Å². The van der Waals surface area contributed by atoms with E-state index in [1.165, 1.54) is 0 Å². The van der Waals surface area contributed by atoms with Gasteiger partial charge in [0.1, 0.15) is 5.82 Å². The number of aromatic amines is 1. The van der Waals surface area contributed by atoms with Crippen LogP contribution in [0.15, 0.2) is 6.20 Å². The molecule has 1 aromatic rings. The Bertz CT molecular complexity index is 206. The van der Waals surface area contributed by atoms with Crippen molar-refractivity contribution in [3.63, 3.8) is 0 Å². The summed E-state index contributed by atoms with van der Waals surface area (Å²) < 4.78 is 0. The van der Waals surface area contributed by atoms with E-state index in [-0.39, 0.29) is 20.4 Å². The number of aromatic nitrogens is 2. The minimum absolute atomic E-state index is 0. The van der Waals surface area contributed by atoms with E-state index in [0.717, 1.165) is 11.5 Å². The van der Waals surface area contributed by atoms with E-state index in [4.69, 9.17) is 0 Å². The van der Waals surface area contributed by atoms with Crippen LogP contribution in [0.5, 0.6) is 0 Å². The fourth-order valence-electron chi connectivity index (χ4n) is 0.943. The number of nitrogens with zero attached hydrogens (tertiary/aromatic N) is 1. The standard InChI is InChI=1S/C9H16N2.Pd/c1-6(2)8-5-10-9(11-8)7(3)4;/h5-7H,1-4H3,(H,10,11);. The molecule has 0 saturated carbocycles. The average molecular weight is 259 g/mol. The Morgan fingerprint density at radius 3 is 2.00 bits per heavy atom. The Labute approximate surface area is 87.8 Å².